The zero-order valence-corrected chi connectivity index (χ0v) is 15.7. The van der Waals surface area contributed by atoms with Gasteiger partial charge in [0.25, 0.3) is 0 Å². The van der Waals surface area contributed by atoms with Crippen molar-refractivity contribution >= 4 is 5.97 Å². The molecule has 144 valence electrons. The van der Waals surface area contributed by atoms with Crippen molar-refractivity contribution in [2.75, 3.05) is 6.61 Å². The van der Waals surface area contributed by atoms with Gasteiger partial charge in [0.1, 0.15) is 0 Å². The zero-order valence-electron chi connectivity index (χ0n) is 15.7. The highest BCUT2D eigenvalue weighted by Crippen LogP contribution is 2.19. The van der Waals surface area contributed by atoms with E-state index in [0.29, 0.717) is 19.3 Å². The molecule has 0 fully saturated rings. The van der Waals surface area contributed by atoms with Gasteiger partial charge in [0.05, 0.1) is 12.0 Å². The predicted molar refractivity (Wildman–Crippen MR) is 99.1 cm³/mol. The molecule has 0 unspecified atom stereocenters. The van der Waals surface area contributed by atoms with Crippen LogP contribution in [0, 0.1) is 5.92 Å². The molecule has 0 aliphatic heterocycles. The van der Waals surface area contributed by atoms with E-state index in [4.69, 9.17) is 5.11 Å². The molecule has 0 aliphatic carbocycles. The minimum Gasteiger partial charge on any atom is -0.481 e. The molecule has 0 aromatic heterocycles. The Morgan fingerprint density at radius 3 is 1.62 bits per heavy atom. The van der Waals surface area contributed by atoms with Crippen molar-refractivity contribution in [3.8, 4) is 0 Å². The highest BCUT2D eigenvalue weighted by atomic mass is 16.4. The Hall–Kier alpha value is -0.610. The highest BCUT2D eigenvalue weighted by Gasteiger charge is 2.25. The van der Waals surface area contributed by atoms with Gasteiger partial charge in [-0.15, -0.1) is 0 Å². The van der Waals surface area contributed by atoms with Crippen molar-refractivity contribution < 1.29 is 20.1 Å². The first-order chi connectivity index (χ1) is 11.6. The van der Waals surface area contributed by atoms with Crippen LogP contribution in [0.4, 0.5) is 0 Å². The van der Waals surface area contributed by atoms with Crippen LogP contribution in [0.5, 0.6) is 0 Å². The lowest BCUT2D eigenvalue weighted by Gasteiger charge is -2.18. The van der Waals surface area contributed by atoms with Crippen molar-refractivity contribution in [3.05, 3.63) is 0 Å². The van der Waals surface area contributed by atoms with Crippen molar-refractivity contribution in [1.29, 1.82) is 0 Å². The van der Waals surface area contributed by atoms with Gasteiger partial charge in [-0.25, -0.2) is 0 Å². The molecule has 4 heteroatoms. The van der Waals surface area contributed by atoms with E-state index in [9.17, 15) is 15.0 Å². The molecule has 0 heterocycles. The van der Waals surface area contributed by atoms with E-state index in [1.807, 2.05) is 0 Å². The Kier molecular flexibility index (Phi) is 16.8. The van der Waals surface area contributed by atoms with E-state index < -0.39 is 18.0 Å². The number of carboxylic acids is 1. The molecule has 0 amide bonds. The average molecular weight is 345 g/mol. The molecule has 4 nitrogen and oxygen atoms in total. The topological polar surface area (TPSA) is 77.8 Å². The van der Waals surface area contributed by atoms with Gasteiger partial charge in [-0.05, 0) is 19.3 Å². The van der Waals surface area contributed by atoms with Crippen LogP contribution in [0.2, 0.25) is 0 Å². The van der Waals surface area contributed by atoms with Gasteiger partial charge in [-0.2, -0.15) is 0 Å². The smallest absolute Gasteiger partial charge is 0.309 e. The fraction of sp³-hybridized carbons (Fsp3) is 0.950. The van der Waals surface area contributed by atoms with Crippen LogP contribution >= 0.6 is 0 Å². The third-order valence-corrected chi connectivity index (χ3v) is 4.81. The van der Waals surface area contributed by atoms with Gasteiger partial charge < -0.3 is 15.3 Å². The summed E-state index contributed by atoms with van der Waals surface area (Å²) < 4.78 is 0. The average Bonchev–Trinajstić information content (AvgIpc) is 2.56. The summed E-state index contributed by atoms with van der Waals surface area (Å²) in [6.45, 7) is 2.25. The normalized spacial score (nSPS) is 13.8. The van der Waals surface area contributed by atoms with Crippen LogP contribution in [0.1, 0.15) is 103 Å². The molecule has 3 N–H and O–H groups in total. The number of rotatable bonds is 18. The van der Waals surface area contributed by atoms with E-state index in [1.54, 1.807) is 0 Å². The molecule has 0 aromatic carbocycles. The predicted octanol–water partition coefficient (Wildman–Crippen LogP) is 4.91. The molecule has 0 saturated heterocycles. The molecule has 0 spiro atoms. The first kappa shape index (κ1) is 23.4. The summed E-state index contributed by atoms with van der Waals surface area (Å²) in [7, 11) is 0. The summed E-state index contributed by atoms with van der Waals surface area (Å²) in [6.07, 6.45) is 15.6. The summed E-state index contributed by atoms with van der Waals surface area (Å²) in [5.41, 5.74) is 0. The Morgan fingerprint density at radius 1 is 0.750 bits per heavy atom. The van der Waals surface area contributed by atoms with Crippen LogP contribution < -0.4 is 0 Å². The number of carbonyl (C=O) groups is 1. The van der Waals surface area contributed by atoms with Gasteiger partial charge in [-0.1, -0.05) is 84.0 Å². The van der Waals surface area contributed by atoms with E-state index >= 15 is 0 Å². The summed E-state index contributed by atoms with van der Waals surface area (Å²) in [4.78, 5) is 11.2. The number of aliphatic carboxylic acids is 1. The van der Waals surface area contributed by atoms with Gasteiger partial charge >= 0.3 is 5.97 Å². The van der Waals surface area contributed by atoms with Gasteiger partial charge in [0.2, 0.25) is 0 Å². The van der Waals surface area contributed by atoms with Crippen molar-refractivity contribution in [1.82, 2.24) is 0 Å². The Balaban J connectivity index is 3.50. The molecule has 0 saturated carbocycles. The van der Waals surface area contributed by atoms with Gasteiger partial charge in [0.15, 0.2) is 0 Å². The number of hydrogen-bond donors (Lipinski definition) is 3. The maximum Gasteiger partial charge on any atom is 0.309 e. The molecule has 0 aromatic rings. The van der Waals surface area contributed by atoms with Gasteiger partial charge in [-0.3, -0.25) is 4.79 Å². The zero-order chi connectivity index (χ0) is 18.0. The molecule has 0 aliphatic rings. The standard InChI is InChI=1S/C20H40O4/c1-2-3-4-5-6-7-8-9-10-11-12-13-15-18(20(23)24)19(22)16-14-17-21/h18-19,21-22H,2-17H2,1H3,(H,23,24)/t18-,19+/m0/s1. The summed E-state index contributed by atoms with van der Waals surface area (Å²) in [5.74, 6) is -1.59. The van der Waals surface area contributed by atoms with Crippen LogP contribution in [-0.4, -0.2) is 34.0 Å². The summed E-state index contributed by atoms with van der Waals surface area (Å²) in [5, 5.41) is 27.9. The molecule has 0 radical (unpaired) electrons. The number of aliphatic hydroxyl groups excluding tert-OH is 2. The quantitative estimate of drug-likeness (QED) is 0.309. The van der Waals surface area contributed by atoms with Crippen LogP contribution in [0.25, 0.3) is 0 Å². The van der Waals surface area contributed by atoms with Gasteiger partial charge in [0, 0.05) is 6.61 Å². The first-order valence-corrected chi connectivity index (χ1v) is 10.1. The fourth-order valence-corrected chi connectivity index (χ4v) is 3.19. The fourth-order valence-electron chi connectivity index (χ4n) is 3.19. The number of unbranched alkanes of at least 4 members (excludes halogenated alkanes) is 11. The molecular formula is C20H40O4. The Bertz CT molecular complexity index is 281. The second kappa shape index (κ2) is 17.2. The number of hydrogen-bond acceptors (Lipinski definition) is 3. The molecule has 0 rings (SSSR count). The van der Waals surface area contributed by atoms with E-state index in [2.05, 4.69) is 6.92 Å². The summed E-state index contributed by atoms with van der Waals surface area (Å²) >= 11 is 0. The lowest BCUT2D eigenvalue weighted by atomic mass is 9.92. The third-order valence-electron chi connectivity index (χ3n) is 4.81. The van der Waals surface area contributed by atoms with E-state index in [-0.39, 0.29) is 6.61 Å². The van der Waals surface area contributed by atoms with Crippen molar-refractivity contribution in [2.24, 2.45) is 5.92 Å². The van der Waals surface area contributed by atoms with Crippen LogP contribution in [0.15, 0.2) is 0 Å². The van der Waals surface area contributed by atoms with Crippen molar-refractivity contribution in [2.45, 2.75) is 109 Å². The Labute approximate surface area is 148 Å². The van der Waals surface area contributed by atoms with Crippen LogP contribution in [0.3, 0.4) is 0 Å². The molecule has 2 atom stereocenters. The lowest BCUT2D eigenvalue weighted by Crippen LogP contribution is -2.28. The monoisotopic (exact) mass is 344 g/mol. The lowest BCUT2D eigenvalue weighted by molar-refractivity contribution is -0.146. The SMILES string of the molecule is CCCCCCCCCCCCCC[C@H](C(=O)O)[C@H](O)CCCO. The minimum atomic E-state index is -0.913. The molecule has 0 bridgehead atoms. The maximum absolute atomic E-state index is 11.2. The second-order valence-electron chi connectivity index (χ2n) is 7.06. The van der Waals surface area contributed by atoms with Crippen molar-refractivity contribution in [3.63, 3.8) is 0 Å². The number of aliphatic hydroxyl groups is 2. The Morgan fingerprint density at radius 2 is 1.21 bits per heavy atom. The molecule has 24 heavy (non-hydrogen) atoms. The van der Waals surface area contributed by atoms with E-state index in [1.165, 1.54) is 57.8 Å². The molecular weight excluding hydrogens is 304 g/mol. The first-order valence-electron chi connectivity index (χ1n) is 10.1. The minimum absolute atomic E-state index is 0.00199. The van der Waals surface area contributed by atoms with E-state index in [0.717, 1.165) is 19.3 Å². The van der Waals surface area contributed by atoms with Crippen LogP contribution in [-0.2, 0) is 4.79 Å². The summed E-state index contributed by atoms with van der Waals surface area (Å²) in [6, 6.07) is 0. The third kappa shape index (κ3) is 13.8. The number of carboxylic acid groups (broad SMARTS) is 1. The highest BCUT2D eigenvalue weighted by molar-refractivity contribution is 5.70. The maximum atomic E-state index is 11.2. The second-order valence-corrected chi connectivity index (χ2v) is 7.06. The largest absolute Gasteiger partial charge is 0.481 e.